The molecule has 0 amide bonds. The van der Waals surface area contributed by atoms with Gasteiger partial charge in [0.05, 0.1) is 3.57 Å². The summed E-state index contributed by atoms with van der Waals surface area (Å²) in [6, 6.07) is 1.94. The summed E-state index contributed by atoms with van der Waals surface area (Å²) in [4.78, 5) is 12.8. The summed E-state index contributed by atoms with van der Waals surface area (Å²) >= 11 is 5.57. The summed E-state index contributed by atoms with van der Waals surface area (Å²) in [7, 11) is 1.84. The summed E-state index contributed by atoms with van der Waals surface area (Å²) in [5.74, 6) is 1.49. The van der Waals surface area contributed by atoms with Crippen molar-refractivity contribution in [3.63, 3.8) is 0 Å². The molecule has 2 rings (SSSR count). The molecule has 2 aromatic rings. The van der Waals surface area contributed by atoms with Crippen molar-refractivity contribution in [3.05, 3.63) is 32.7 Å². The molecule has 0 aliphatic heterocycles. The Morgan fingerprint density at radius 3 is 2.81 bits per heavy atom. The SMILES string of the molecule is CNc1nc(-c2cncc(Br)c2)ncc1I. The summed E-state index contributed by atoms with van der Waals surface area (Å²) < 4.78 is 1.91. The number of aromatic nitrogens is 3. The van der Waals surface area contributed by atoms with Crippen LogP contribution in [0.5, 0.6) is 0 Å². The first-order chi connectivity index (χ1) is 7.70. The van der Waals surface area contributed by atoms with Gasteiger partial charge in [0.15, 0.2) is 5.82 Å². The second kappa shape index (κ2) is 5.05. The van der Waals surface area contributed by atoms with Crippen molar-refractivity contribution in [1.82, 2.24) is 15.0 Å². The number of anilines is 1. The maximum absolute atomic E-state index is 4.41. The van der Waals surface area contributed by atoms with Crippen LogP contribution >= 0.6 is 38.5 Å². The molecule has 0 aliphatic rings. The van der Waals surface area contributed by atoms with Crippen LogP contribution in [0.4, 0.5) is 5.82 Å². The van der Waals surface area contributed by atoms with E-state index in [1.165, 1.54) is 0 Å². The van der Waals surface area contributed by atoms with Crippen molar-refractivity contribution in [2.75, 3.05) is 12.4 Å². The highest BCUT2D eigenvalue weighted by Gasteiger charge is 2.06. The Balaban J connectivity index is 2.48. The van der Waals surface area contributed by atoms with Gasteiger partial charge in [-0.15, -0.1) is 0 Å². The Morgan fingerprint density at radius 1 is 1.31 bits per heavy atom. The first-order valence-corrected chi connectivity index (χ1v) is 6.39. The van der Waals surface area contributed by atoms with Crippen molar-refractivity contribution in [1.29, 1.82) is 0 Å². The van der Waals surface area contributed by atoms with E-state index < -0.39 is 0 Å². The van der Waals surface area contributed by atoms with E-state index in [0.717, 1.165) is 19.4 Å². The topological polar surface area (TPSA) is 50.7 Å². The van der Waals surface area contributed by atoms with Gasteiger partial charge in [-0.1, -0.05) is 0 Å². The Hall–Kier alpha value is -0.760. The predicted octanol–water partition coefficient (Wildman–Crippen LogP) is 2.95. The van der Waals surface area contributed by atoms with Gasteiger partial charge in [-0.2, -0.15) is 0 Å². The Kier molecular flexibility index (Phi) is 3.70. The molecular formula is C10H8BrIN4. The Morgan fingerprint density at radius 2 is 2.12 bits per heavy atom. The smallest absolute Gasteiger partial charge is 0.163 e. The molecule has 1 N–H and O–H groups in total. The van der Waals surface area contributed by atoms with Gasteiger partial charge < -0.3 is 5.32 Å². The summed E-state index contributed by atoms with van der Waals surface area (Å²) in [6.07, 6.45) is 5.26. The number of nitrogens with zero attached hydrogens (tertiary/aromatic N) is 3. The zero-order chi connectivity index (χ0) is 11.5. The third-order valence-electron chi connectivity index (χ3n) is 1.94. The maximum Gasteiger partial charge on any atom is 0.163 e. The minimum absolute atomic E-state index is 0.665. The number of halogens is 2. The van der Waals surface area contributed by atoms with Crippen molar-refractivity contribution in [2.24, 2.45) is 0 Å². The minimum atomic E-state index is 0.665. The van der Waals surface area contributed by atoms with Gasteiger partial charge in [-0.25, -0.2) is 9.97 Å². The fourth-order valence-electron chi connectivity index (χ4n) is 1.22. The molecular weight excluding hydrogens is 383 g/mol. The lowest BCUT2D eigenvalue weighted by atomic mass is 10.3. The average Bonchev–Trinajstić information content (AvgIpc) is 2.29. The van der Waals surface area contributed by atoms with Crippen molar-refractivity contribution < 1.29 is 0 Å². The number of nitrogens with one attached hydrogen (secondary N) is 1. The van der Waals surface area contributed by atoms with Crippen molar-refractivity contribution in [2.45, 2.75) is 0 Å². The van der Waals surface area contributed by atoms with Gasteiger partial charge in [-0.3, -0.25) is 4.98 Å². The van der Waals surface area contributed by atoms with Crippen LogP contribution in [0.3, 0.4) is 0 Å². The lowest BCUT2D eigenvalue weighted by Crippen LogP contribution is -1.99. The quantitative estimate of drug-likeness (QED) is 0.801. The van der Waals surface area contributed by atoms with Gasteiger partial charge in [0.2, 0.25) is 0 Å². The molecule has 0 spiro atoms. The molecule has 0 aliphatic carbocycles. The molecule has 0 radical (unpaired) electrons. The van der Waals surface area contributed by atoms with Gasteiger partial charge in [0.25, 0.3) is 0 Å². The molecule has 16 heavy (non-hydrogen) atoms. The molecule has 4 nitrogen and oxygen atoms in total. The van der Waals surface area contributed by atoms with E-state index in [1.54, 1.807) is 18.6 Å². The van der Waals surface area contributed by atoms with Gasteiger partial charge in [0, 0.05) is 35.7 Å². The molecule has 82 valence electrons. The van der Waals surface area contributed by atoms with Crippen LogP contribution in [0.15, 0.2) is 29.1 Å². The fraction of sp³-hybridized carbons (Fsp3) is 0.100. The van der Waals surface area contributed by atoms with Crippen LogP contribution in [0, 0.1) is 3.57 Å². The third kappa shape index (κ3) is 2.49. The third-order valence-corrected chi connectivity index (χ3v) is 3.17. The molecule has 0 fully saturated rings. The van der Waals surface area contributed by atoms with Crippen LogP contribution in [0.25, 0.3) is 11.4 Å². The lowest BCUT2D eigenvalue weighted by molar-refractivity contribution is 1.14. The largest absolute Gasteiger partial charge is 0.372 e. The van der Waals surface area contributed by atoms with Crippen LogP contribution in [-0.2, 0) is 0 Å². The Bertz CT molecular complexity index is 518. The van der Waals surface area contributed by atoms with E-state index in [2.05, 4.69) is 58.8 Å². The highest BCUT2D eigenvalue weighted by molar-refractivity contribution is 14.1. The Labute approximate surface area is 115 Å². The van der Waals surface area contributed by atoms with E-state index in [4.69, 9.17) is 0 Å². The molecule has 2 heterocycles. The van der Waals surface area contributed by atoms with E-state index in [1.807, 2.05) is 13.1 Å². The van der Waals surface area contributed by atoms with E-state index in [-0.39, 0.29) is 0 Å². The maximum atomic E-state index is 4.41. The molecule has 0 saturated heterocycles. The minimum Gasteiger partial charge on any atom is -0.372 e. The number of rotatable bonds is 2. The lowest BCUT2D eigenvalue weighted by Gasteiger charge is -2.05. The van der Waals surface area contributed by atoms with Gasteiger partial charge >= 0.3 is 0 Å². The van der Waals surface area contributed by atoms with Gasteiger partial charge in [-0.05, 0) is 44.6 Å². The highest BCUT2D eigenvalue weighted by atomic mass is 127. The summed E-state index contributed by atoms with van der Waals surface area (Å²) in [6.45, 7) is 0. The fourth-order valence-corrected chi connectivity index (χ4v) is 2.11. The first kappa shape index (κ1) is 11.7. The highest BCUT2D eigenvalue weighted by Crippen LogP contribution is 2.21. The summed E-state index contributed by atoms with van der Waals surface area (Å²) in [5, 5.41) is 3.03. The molecule has 0 atom stereocenters. The van der Waals surface area contributed by atoms with Crippen LogP contribution < -0.4 is 5.32 Å². The summed E-state index contributed by atoms with van der Waals surface area (Å²) in [5.41, 5.74) is 0.891. The first-order valence-electron chi connectivity index (χ1n) is 4.52. The monoisotopic (exact) mass is 390 g/mol. The molecule has 0 bridgehead atoms. The number of hydrogen-bond acceptors (Lipinski definition) is 4. The molecule has 0 aromatic carbocycles. The normalized spacial score (nSPS) is 10.2. The van der Waals surface area contributed by atoms with Crippen molar-refractivity contribution in [3.8, 4) is 11.4 Å². The van der Waals surface area contributed by atoms with E-state index in [9.17, 15) is 0 Å². The van der Waals surface area contributed by atoms with Crippen LogP contribution in [0.1, 0.15) is 0 Å². The van der Waals surface area contributed by atoms with Crippen LogP contribution in [0.2, 0.25) is 0 Å². The van der Waals surface area contributed by atoms with Gasteiger partial charge in [0.1, 0.15) is 5.82 Å². The number of hydrogen-bond donors (Lipinski definition) is 1. The molecule has 2 aromatic heterocycles. The second-order valence-corrected chi connectivity index (χ2v) is 5.11. The van der Waals surface area contributed by atoms with Crippen LogP contribution in [-0.4, -0.2) is 22.0 Å². The molecule has 6 heteroatoms. The van der Waals surface area contributed by atoms with E-state index >= 15 is 0 Å². The average molecular weight is 391 g/mol. The second-order valence-electron chi connectivity index (χ2n) is 3.03. The zero-order valence-corrected chi connectivity index (χ0v) is 12.2. The molecule has 0 saturated carbocycles. The zero-order valence-electron chi connectivity index (χ0n) is 8.41. The number of pyridine rings is 1. The molecule has 0 unspecified atom stereocenters. The predicted molar refractivity (Wildman–Crippen MR) is 75.2 cm³/mol. The van der Waals surface area contributed by atoms with Crippen molar-refractivity contribution >= 4 is 44.3 Å². The standard InChI is InChI=1S/C10H8BrIN4/c1-13-10-8(12)5-15-9(16-10)6-2-7(11)4-14-3-6/h2-5H,1H3,(H,13,15,16). The van der Waals surface area contributed by atoms with E-state index in [0.29, 0.717) is 5.82 Å².